The highest BCUT2D eigenvalue weighted by Crippen LogP contribution is 2.34. The monoisotopic (exact) mass is 498 g/mol. The minimum absolute atomic E-state index is 0.0668. The second-order valence-corrected chi connectivity index (χ2v) is 8.64. The summed E-state index contributed by atoms with van der Waals surface area (Å²) in [6, 6.07) is 11.5. The maximum absolute atomic E-state index is 12.7. The van der Waals surface area contributed by atoms with E-state index in [-0.39, 0.29) is 16.3 Å². The molecule has 0 radical (unpaired) electrons. The van der Waals surface area contributed by atoms with Crippen LogP contribution in [0, 0.1) is 10.1 Å². The van der Waals surface area contributed by atoms with Crippen molar-refractivity contribution in [3.05, 3.63) is 63.0 Å². The lowest BCUT2D eigenvalue weighted by atomic mass is 10.1. The second-order valence-electron chi connectivity index (χ2n) is 7.65. The fourth-order valence-corrected chi connectivity index (χ4v) is 4.49. The second kappa shape index (κ2) is 10.6. The fourth-order valence-electron chi connectivity index (χ4n) is 3.65. The van der Waals surface area contributed by atoms with Crippen molar-refractivity contribution < 1.29 is 28.8 Å². The number of nitro benzene ring substituents is 1. The molecule has 2 aliphatic heterocycles. The Bertz CT molecular complexity index is 1190. The van der Waals surface area contributed by atoms with Gasteiger partial charge < -0.3 is 19.7 Å². The van der Waals surface area contributed by atoms with Gasteiger partial charge in [-0.15, -0.1) is 0 Å². The number of hydrogen-bond donors (Lipinski definition) is 1. The molecule has 2 aliphatic rings. The lowest BCUT2D eigenvalue weighted by molar-refractivity contribution is -0.385. The molecule has 35 heavy (non-hydrogen) atoms. The number of carbonyl (C=O) groups is 3. The molecular weight excluding hydrogens is 476 g/mol. The van der Waals surface area contributed by atoms with Crippen LogP contribution in [0.2, 0.25) is 0 Å². The molecule has 12 heteroatoms. The number of anilines is 2. The van der Waals surface area contributed by atoms with Crippen molar-refractivity contribution in [3.8, 4) is 5.75 Å². The highest BCUT2D eigenvalue weighted by Gasteiger charge is 2.36. The first-order chi connectivity index (χ1) is 16.9. The number of rotatable bonds is 7. The largest absolute Gasteiger partial charge is 0.490 e. The molecule has 0 unspecified atom stereocenters. The van der Waals surface area contributed by atoms with E-state index in [1.165, 1.54) is 31.4 Å². The van der Waals surface area contributed by atoms with Crippen LogP contribution in [0.5, 0.6) is 5.75 Å². The summed E-state index contributed by atoms with van der Waals surface area (Å²) in [6.45, 7) is 2.47. The number of thioether (sulfide) groups is 1. The van der Waals surface area contributed by atoms with E-state index in [1.54, 1.807) is 12.1 Å². The third kappa shape index (κ3) is 5.61. The first-order valence-corrected chi connectivity index (χ1v) is 11.5. The first kappa shape index (κ1) is 24.2. The van der Waals surface area contributed by atoms with Gasteiger partial charge in [-0.3, -0.25) is 29.4 Å². The van der Waals surface area contributed by atoms with Crippen LogP contribution in [0.25, 0.3) is 6.08 Å². The number of hydrogen-bond acceptors (Lipinski definition) is 9. The number of nitrogens with one attached hydrogen (secondary N) is 1. The predicted octanol–water partition coefficient (Wildman–Crippen LogP) is 3.12. The zero-order valence-electron chi connectivity index (χ0n) is 18.8. The van der Waals surface area contributed by atoms with E-state index in [2.05, 4.69) is 10.2 Å². The Kier molecular flexibility index (Phi) is 7.32. The van der Waals surface area contributed by atoms with Gasteiger partial charge in [0.15, 0.2) is 5.75 Å². The number of ether oxygens (including phenoxy) is 2. The van der Waals surface area contributed by atoms with E-state index in [0.717, 1.165) is 23.7 Å². The molecule has 0 spiro atoms. The molecule has 0 aromatic heterocycles. The lowest BCUT2D eigenvalue weighted by Gasteiger charge is -2.28. The minimum Gasteiger partial charge on any atom is -0.490 e. The summed E-state index contributed by atoms with van der Waals surface area (Å²) in [7, 11) is 1.32. The van der Waals surface area contributed by atoms with Gasteiger partial charge in [0, 0.05) is 30.5 Å². The molecule has 0 saturated carbocycles. The highest BCUT2D eigenvalue weighted by atomic mass is 32.2. The molecule has 2 saturated heterocycles. The lowest BCUT2D eigenvalue weighted by Crippen LogP contribution is -2.36. The Morgan fingerprint density at radius 2 is 1.91 bits per heavy atom. The van der Waals surface area contributed by atoms with Crippen LogP contribution in [0.4, 0.5) is 21.9 Å². The van der Waals surface area contributed by atoms with Gasteiger partial charge in [0.1, 0.15) is 6.54 Å². The minimum atomic E-state index is -0.642. The van der Waals surface area contributed by atoms with Crippen LogP contribution in [0.15, 0.2) is 47.4 Å². The van der Waals surface area contributed by atoms with Gasteiger partial charge in [0.2, 0.25) is 5.91 Å². The van der Waals surface area contributed by atoms with Crippen molar-refractivity contribution in [3.63, 3.8) is 0 Å². The van der Waals surface area contributed by atoms with E-state index in [0.29, 0.717) is 36.2 Å². The van der Waals surface area contributed by atoms with Crippen molar-refractivity contribution in [1.29, 1.82) is 0 Å². The van der Waals surface area contributed by atoms with Gasteiger partial charge in [-0.1, -0.05) is 6.07 Å². The average molecular weight is 499 g/mol. The van der Waals surface area contributed by atoms with Crippen LogP contribution >= 0.6 is 11.8 Å². The number of amides is 3. The summed E-state index contributed by atoms with van der Waals surface area (Å²) < 4.78 is 10.3. The number of morpholine rings is 1. The molecule has 11 nitrogen and oxygen atoms in total. The highest BCUT2D eigenvalue weighted by molar-refractivity contribution is 8.18. The van der Waals surface area contributed by atoms with Gasteiger partial charge >= 0.3 is 5.69 Å². The first-order valence-electron chi connectivity index (χ1n) is 10.7. The quantitative estimate of drug-likeness (QED) is 0.347. The van der Waals surface area contributed by atoms with Crippen LogP contribution in [-0.4, -0.2) is 66.8 Å². The number of imide groups is 1. The Morgan fingerprint density at radius 3 is 2.57 bits per heavy atom. The van der Waals surface area contributed by atoms with Crippen molar-refractivity contribution in [2.24, 2.45) is 0 Å². The van der Waals surface area contributed by atoms with Crippen molar-refractivity contribution in [2.75, 3.05) is 50.2 Å². The molecule has 0 aliphatic carbocycles. The topological polar surface area (TPSA) is 131 Å². The van der Waals surface area contributed by atoms with Gasteiger partial charge in [0.05, 0.1) is 30.2 Å². The van der Waals surface area contributed by atoms with Crippen molar-refractivity contribution >= 4 is 52.0 Å². The Hall–Kier alpha value is -3.90. The molecule has 2 aromatic rings. The van der Waals surface area contributed by atoms with E-state index in [1.807, 2.05) is 12.1 Å². The van der Waals surface area contributed by atoms with E-state index >= 15 is 0 Å². The van der Waals surface area contributed by atoms with Crippen LogP contribution < -0.4 is 15.0 Å². The standard InChI is InChI=1S/C23H22N4O7S/c1-33-19-7-2-15(12-18(19)27(31)32)13-20-22(29)26(23(30)35-20)14-21(28)24-16-3-5-17(6-4-16)25-8-10-34-11-9-25/h2-7,12-13H,8-11,14H2,1H3,(H,24,28)/b20-13+. The van der Waals surface area contributed by atoms with Crippen molar-refractivity contribution in [1.82, 2.24) is 4.90 Å². The molecular formula is C23H22N4O7S. The van der Waals surface area contributed by atoms with Gasteiger partial charge in [-0.25, -0.2) is 0 Å². The smallest absolute Gasteiger partial charge is 0.311 e. The van der Waals surface area contributed by atoms with E-state index < -0.39 is 28.5 Å². The third-order valence-electron chi connectivity index (χ3n) is 5.40. The number of methoxy groups -OCH3 is 1. The summed E-state index contributed by atoms with van der Waals surface area (Å²) in [5.41, 5.74) is 1.65. The van der Waals surface area contributed by atoms with Gasteiger partial charge in [-0.2, -0.15) is 0 Å². The molecule has 2 fully saturated rings. The van der Waals surface area contributed by atoms with E-state index in [4.69, 9.17) is 9.47 Å². The van der Waals surface area contributed by atoms with Crippen molar-refractivity contribution in [2.45, 2.75) is 0 Å². The number of benzene rings is 2. The fraction of sp³-hybridized carbons (Fsp3) is 0.261. The van der Waals surface area contributed by atoms with Crippen LogP contribution in [0.1, 0.15) is 5.56 Å². The molecule has 182 valence electrons. The molecule has 0 bridgehead atoms. The number of nitro groups is 1. The summed E-state index contributed by atoms with van der Waals surface area (Å²) in [6.07, 6.45) is 1.37. The zero-order chi connectivity index (χ0) is 24.9. The molecule has 0 atom stereocenters. The zero-order valence-corrected chi connectivity index (χ0v) is 19.6. The maximum atomic E-state index is 12.7. The number of carbonyl (C=O) groups excluding carboxylic acids is 3. The third-order valence-corrected chi connectivity index (χ3v) is 6.31. The van der Waals surface area contributed by atoms with E-state index in [9.17, 15) is 24.5 Å². The maximum Gasteiger partial charge on any atom is 0.311 e. The van der Waals surface area contributed by atoms with Gasteiger partial charge in [0.25, 0.3) is 11.1 Å². The number of nitrogens with zero attached hydrogens (tertiary/aromatic N) is 3. The van der Waals surface area contributed by atoms with Crippen LogP contribution in [0.3, 0.4) is 0 Å². The summed E-state index contributed by atoms with van der Waals surface area (Å²) in [4.78, 5) is 51.3. The Morgan fingerprint density at radius 1 is 1.20 bits per heavy atom. The molecule has 1 N–H and O–H groups in total. The normalized spacial score (nSPS) is 17.1. The Labute approximate surface area is 204 Å². The van der Waals surface area contributed by atoms with Gasteiger partial charge in [-0.05, 0) is 53.7 Å². The molecule has 4 rings (SSSR count). The molecule has 2 aromatic carbocycles. The summed E-state index contributed by atoms with van der Waals surface area (Å²) >= 11 is 0.669. The molecule has 3 amide bonds. The summed E-state index contributed by atoms with van der Waals surface area (Å²) in [5, 5.41) is 13.3. The average Bonchev–Trinajstić information content (AvgIpc) is 3.12. The SMILES string of the molecule is COc1ccc(/C=C2/SC(=O)N(CC(=O)Nc3ccc(N4CCOCC4)cc3)C2=O)cc1[N+](=O)[O-]. The Balaban J connectivity index is 1.40. The van der Waals surface area contributed by atoms with Crippen LogP contribution in [-0.2, 0) is 14.3 Å². The molecule has 2 heterocycles. The predicted molar refractivity (Wildman–Crippen MR) is 130 cm³/mol. The summed E-state index contributed by atoms with van der Waals surface area (Å²) in [5.74, 6) is -1.08.